The van der Waals surface area contributed by atoms with Crippen molar-refractivity contribution >= 4 is 29.3 Å². The van der Waals surface area contributed by atoms with Gasteiger partial charge in [-0.2, -0.15) is 0 Å². The molecule has 8 nitrogen and oxygen atoms in total. The fourth-order valence-corrected chi connectivity index (χ4v) is 4.43. The lowest BCUT2D eigenvalue weighted by Gasteiger charge is -2.38. The fraction of sp³-hybridized carbons (Fsp3) is 0.360. The summed E-state index contributed by atoms with van der Waals surface area (Å²) in [5.74, 6) is 0.259. The number of hydrogen-bond acceptors (Lipinski definition) is 6. The van der Waals surface area contributed by atoms with Crippen LogP contribution in [0.25, 0.3) is 0 Å². The average molecular weight is 485 g/mol. The maximum Gasteiger partial charge on any atom is 0.338 e. The van der Waals surface area contributed by atoms with Crippen molar-refractivity contribution in [2.24, 2.45) is 0 Å². The number of nitrogens with zero attached hydrogens (tertiary/aromatic N) is 2. The molecule has 0 bridgehead atoms. The summed E-state index contributed by atoms with van der Waals surface area (Å²) in [6.45, 7) is 6.16. The van der Waals surface area contributed by atoms with E-state index in [0.717, 1.165) is 43.2 Å². The van der Waals surface area contributed by atoms with E-state index in [4.69, 9.17) is 21.1 Å². The van der Waals surface area contributed by atoms with Gasteiger partial charge in [-0.25, -0.2) is 9.59 Å². The van der Waals surface area contributed by atoms with Gasteiger partial charge in [-0.15, -0.1) is 0 Å². The molecule has 2 aliphatic heterocycles. The van der Waals surface area contributed by atoms with Crippen molar-refractivity contribution in [1.82, 2.24) is 15.5 Å². The van der Waals surface area contributed by atoms with E-state index in [1.54, 1.807) is 0 Å². The van der Waals surface area contributed by atoms with E-state index in [0.29, 0.717) is 29.4 Å². The second-order valence-corrected chi connectivity index (χ2v) is 8.59. The Morgan fingerprint density at radius 3 is 2.35 bits per heavy atom. The van der Waals surface area contributed by atoms with Crippen LogP contribution in [0.15, 0.2) is 59.8 Å². The summed E-state index contributed by atoms with van der Waals surface area (Å²) in [4.78, 5) is 29.9. The van der Waals surface area contributed by atoms with Crippen LogP contribution in [0.4, 0.5) is 10.5 Å². The van der Waals surface area contributed by atoms with Gasteiger partial charge in [0.2, 0.25) is 0 Å². The number of piperazine rings is 1. The smallest absolute Gasteiger partial charge is 0.338 e. The Hall–Kier alpha value is -3.23. The minimum Gasteiger partial charge on any atom is -0.494 e. The van der Waals surface area contributed by atoms with E-state index >= 15 is 0 Å². The predicted octanol–water partition coefficient (Wildman–Crippen LogP) is 3.34. The first-order valence-corrected chi connectivity index (χ1v) is 11.7. The van der Waals surface area contributed by atoms with Gasteiger partial charge >= 0.3 is 12.0 Å². The lowest BCUT2D eigenvalue weighted by Crippen LogP contribution is -2.51. The molecule has 1 fully saturated rings. The summed E-state index contributed by atoms with van der Waals surface area (Å²) < 4.78 is 10.6. The van der Waals surface area contributed by atoms with Crippen LogP contribution in [0.5, 0.6) is 5.75 Å². The Kier molecular flexibility index (Phi) is 7.59. The number of benzene rings is 2. The van der Waals surface area contributed by atoms with Crippen molar-refractivity contribution in [2.75, 3.05) is 51.3 Å². The number of anilines is 1. The van der Waals surface area contributed by atoms with E-state index < -0.39 is 12.0 Å². The highest BCUT2D eigenvalue weighted by Gasteiger charge is 2.34. The fourth-order valence-electron chi connectivity index (χ4n) is 4.31. The number of hydrogen-bond donors (Lipinski definition) is 2. The van der Waals surface area contributed by atoms with Crippen LogP contribution in [-0.4, -0.2) is 63.3 Å². The molecule has 2 aliphatic rings. The van der Waals surface area contributed by atoms with Gasteiger partial charge in [0.25, 0.3) is 0 Å². The van der Waals surface area contributed by atoms with Crippen molar-refractivity contribution in [3.63, 3.8) is 0 Å². The molecule has 0 radical (unpaired) electrons. The Labute approximate surface area is 204 Å². The number of nitrogens with one attached hydrogen (secondary N) is 2. The normalized spacial score (nSPS) is 18.9. The van der Waals surface area contributed by atoms with E-state index in [2.05, 4.69) is 20.4 Å². The third kappa shape index (κ3) is 5.46. The van der Waals surface area contributed by atoms with E-state index in [1.807, 2.05) is 55.5 Å². The molecule has 1 saturated heterocycles. The van der Waals surface area contributed by atoms with Crippen LogP contribution in [0.2, 0.25) is 5.02 Å². The Morgan fingerprint density at radius 1 is 1.06 bits per heavy atom. The van der Waals surface area contributed by atoms with Crippen molar-refractivity contribution in [1.29, 1.82) is 0 Å². The molecule has 0 aliphatic carbocycles. The zero-order valence-electron chi connectivity index (χ0n) is 19.3. The predicted molar refractivity (Wildman–Crippen MR) is 131 cm³/mol. The van der Waals surface area contributed by atoms with Crippen LogP contribution in [0.3, 0.4) is 0 Å². The molecule has 0 unspecified atom stereocenters. The summed E-state index contributed by atoms with van der Waals surface area (Å²) in [6, 6.07) is 14.2. The molecule has 2 aromatic rings. The summed E-state index contributed by atoms with van der Waals surface area (Å²) in [5.41, 5.74) is 2.88. The van der Waals surface area contributed by atoms with Crippen LogP contribution in [0.1, 0.15) is 18.5 Å². The second kappa shape index (κ2) is 10.8. The van der Waals surface area contributed by atoms with E-state index in [9.17, 15) is 9.59 Å². The molecule has 180 valence electrons. The zero-order chi connectivity index (χ0) is 24.1. The van der Waals surface area contributed by atoms with Crippen molar-refractivity contribution in [2.45, 2.75) is 13.0 Å². The first kappa shape index (κ1) is 23.9. The number of ether oxygens (including phenoxy) is 2. The number of esters is 1. The molecular formula is C25H29ClN4O4. The molecule has 2 heterocycles. The lowest BCUT2D eigenvalue weighted by molar-refractivity contribution is -0.136. The third-order valence-electron chi connectivity index (χ3n) is 6.03. The third-order valence-corrected chi connectivity index (χ3v) is 6.28. The first-order chi connectivity index (χ1) is 16.5. The Balaban J connectivity index is 1.52. The molecule has 0 spiro atoms. The van der Waals surface area contributed by atoms with Crippen LogP contribution < -0.4 is 20.3 Å². The summed E-state index contributed by atoms with van der Waals surface area (Å²) in [5, 5.41) is 6.42. The molecule has 1 atom stereocenters. The van der Waals surface area contributed by atoms with Gasteiger partial charge in [0, 0.05) is 49.1 Å². The Morgan fingerprint density at radius 2 is 1.74 bits per heavy atom. The van der Waals surface area contributed by atoms with E-state index in [-0.39, 0.29) is 6.03 Å². The van der Waals surface area contributed by atoms with E-state index in [1.165, 1.54) is 7.11 Å². The summed E-state index contributed by atoms with van der Waals surface area (Å²) >= 11 is 6.01. The summed E-state index contributed by atoms with van der Waals surface area (Å²) in [7, 11) is 1.35. The monoisotopic (exact) mass is 484 g/mol. The maximum atomic E-state index is 12.8. The SMILES string of the molecule is CCOc1ccc([C@@H]2NC(=O)NC(CN3CCN(c4ccc(Cl)cc4)CC3)=C2C(=O)OC)cc1. The van der Waals surface area contributed by atoms with Gasteiger partial charge in [-0.05, 0) is 48.9 Å². The van der Waals surface area contributed by atoms with Gasteiger partial charge in [-0.1, -0.05) is 23.7 Å². The highest BCUT2D eigenvalue weighted by atomic mass is 35.5. The largest absolute Gasteiger partial charge is 0.494 e. The lowest BCUT2D eigenvalue weighted by atomic mass is 9.95. The van der Waals surface area contributed by atoms with Crippen molar-refractivity contribution < 1.29 is 19.1 Å². The highest BCUT2D eigenvalue weighted by molar-refractivity contribution is 6.30. The molecule has 4 rings (SSSR count). The molecule has 2 aromatic carbocycles. The number of carbonyl (C=O) groups excluding carboxylic acids is 2. The molecular weight excluding hydrogens is 456 g/mol. The Bertz CT molecular complexity index is 1050. The van der Waals surface area contributed by atoms with Gasteiger partial charge in [0.15, 0.2) is 0 Å². The number of carbonyl (C=O) groups is 2. The zero-order valence-corrected chi connectivity index (χ0v) is 20.1. The molecule has 9 heteroatoms. The standard InChI is InChI=1S/C25H29ClN4O4/c1-3-34-20-10-4-17(5-11-20)23-22(24(31)33-2)21(27-25(32)28-23)16-29-12-14-30(15-13-29)19-8-6-18(26)7-9-19/h4-11,23H,3,12-16H2,1-2H3,(H2,27,28,32)/t23-/m0/s1. The minimum absolute atomic E-state index is 0.346. The number of rotatable bonds is 7. The molecule has 34 heavy (non-hydrogen) atoms. The quantitative estimate of drug-likeness (QED) is 0.586. The molecule has 2 N–H and O–H groups in total. The second-order valence-electron chi connectivity index (χ2n) is 8.16. The van der Waals surface area contributed by atoms with Gasteiger partial charge in [0.05, 0.1) is 25.3 Å². The average Bonchev–Trinajstić information content (AvgIpc) is 2.85. The number of urea groups is 1. The van der Waals surface area contributed by atoms with Crippen molar-refractivity contribution in [3.8, 4) is 5.75 Å². The number of amides is 2. The highest BCUT2D eigenvalue weighted by Crippen LogP contribution is 2.29. The van der Waals surface area contributed by atoms with Crippen molar-refractivity contribution in [3.05, 3.63) is 70.4 Å². The maximum absolute atomic E-state index is 12.8. The molecule has 0 aromatic heterocycles. The number of methoxy groups -OCH3 is 1. The van der Waals surface area contributed by atoms with Gasteiger partial charge in [0.1, 0.15) is 5.75 Å². The number of halogens is 1. The molecule has 2 amide bonds. The van der Waals surface area contributed by atoms with Crippen LogP contribution in [0, 0.1) is 0 Å². The van der Waals surface area contributed by atoms with Gasteiger partial charge in [-0.3, -0.25) is 4.90 Å². The van der Waals surface area contributed by atoms with Crippen LogP contribution >= 0.6 is 11.6 Å². The summed E-state index contributed by atoms with van der Waals surface area (Å²) in [6.07, 6.45) is 0. The van der Waals surface area contributed by atoms with Gasteiger partial charge < -0.3 is 25.0 Å². The van der Waals surface area contributed by atoms with Crippen LogP contribution in [-0.2, 0) is 9.53 Å². The molecule has 0 saturated carbocycles. The topological polar surface area (TPSA) is 83.1 Å². The minimum atomic E-state index is -0.609. The first-order valence-electron chi connectivity index (χ1n) is 11.3.